The lowest BCUT2D eigenvalue weighted by Crippen LogP contribution is -2.13. The Balaban J connectivity index is 2.10. The number of fused-ring (bicyclic) bond motifs is 1. The fraction of sp³-hybridized carbons (Fsp3) is 0.188. The van der Waals surface area contributed by atoms with Crippen molar-refractivity contribution in [2.45, 2.75) is 6.04 Å². The van der Waals surface area contributed by atoms with E-state index in [1.807, 2.05) is 54.2 Å². The van der Waals surface area contributed by atoms with Crippen molar-refractivity contribution in [3.8, 4) is 5.75 Å². The highest BCUT2D eigenvalue weighted by molar-refractivity contribution is 5.82. The zero-order chi connectivity index (χ0) is 14.1. The molecule has 4 nitrogen and oxygen atoms in total. The van der Waals surface area contributed by atoms with Gasteiger partial charge in [-0.15, -0.1) is 0 Å². The van der Waals surface area contributed by atoms with Crippen molar-refractivity contribution < 1.29 is 4.74 Å². The number of methoxy groups -OCH3 is 1. The molecule has 102 valence electrons. The number of aryl methyl sites for hydroxylation is 1. The predicted octanol–water partition coefficient (Wildman–Crippen LogP) is 2.63. The second-order valence-electron chi connectivity index (χ2n) is 4.78. The Morgan fingerprint density at radius 2 is 1.95 bits per heavy atom. The highest BCUT2D eigenvalue weighted by atomic mass is 16.5. The van der Waals surface area contributed by atoms with Gasteiger partial charge in [-0.3, -0.25) is 4.68 Å². The SMILES string of the molecule is COc1cccc(C(N)c2nn(C)c3ccccc23)c1. The second-order valence-corrected chi connectivity index (χ2v) is 4.78. The molecule has 0 amide bonds. The lowest BCUT2D eigenvalue weighted by atomic mass is 10.0. The van der Waals surface area contributed by atoms with Gasteiger partial charge in [0.1, 0.15) is 5.75 Å². The molecule has 20 heavy (non-hydrogen) atoms. The monoisotopic (exact) mass is 267 g/mol. The Bertz CT molecular complexity index is 748. The molecule has 1 unspecified atom stereocenters. The van der Waals surface area contributed by atoms with Crippen LogP contribution in [0.25, 0.3) is 10.9 Å². The highest BCUT2D eigenvalue weighted by Gasteiger charge is 2.17. The van der Waals surface area contributed by atoms with Crippen LogP contribution in [-0.2, 0) is 7.05 Å². The van der Waals surface area contributed by atoms with E-state index >= 15 is 0 Å². The third-order valence-corrected chi connectivity index (χ3v) is 3.53. The molecular formula is C16H17N3O. The van der Waals surface area contributed by atoms with Crippen LogP contribution in [0.1, 0.15) is 17.3 Å². The molecule has 3 aromatic rings. The van der Waals surface area contributed by atoms with Gasteiger partial charge >= 0.3 is 0 Å². The molecule has 2 aromatic carbocycles. The first-order valence-electron chi connectivity index (χ1n) is 6.52. The molecule has 4 heteroatoms. The molecule has 0 saturated carbocycles. The summed E-state index contributed by atoms with van der Waals surface area (Å²) in [5, 5.41) is 5.66. The lowest BCUT2D eigenvalue weighted by Gasteiger charge is -2.11. The van der Waals surface area contributed by atoms with Crippen molar-refractivity contribution in [3.05, 3.63) is 59.8 Å². The van der Waals surface area contributed by atoms with Crippen LogP contribution in [-0.4, -0.2) is 16.9 Å². The zero-order valence-electron chi connectivity index (χ0n) is 11.6. The van der Waals surface area contributed by atoms with Crippen molar-refractivity contribution in [3.63, 3.8) is 0 Å². The molecule has 0 spiro atoms. The van der Waals surface area contributed by atoms with Gasteiger partial charge in [-0.05, 0) is 23.8 Å². The molecule has 1 atom stereocenters. The Labute approximate surface area is 117 Å². The summed E-state index contributed by atoms with van der Waals surface area (Å²) in [7, 11) is 3.59. The van der Waals surface area contributed by atoms with E-state index < -0.39 is 0 Å². The van der Waals surface area contributed by atoms with Crippen molar-refractivity contribution in [1.29, 1.82) is 0 Å². The number of hydrogen-bond donors (Lipinski definition) is 1. The number of ether oxygens (including phenoxy) is 1. The molecule has 0 radical (unpaired) electrons. The topological polar surface area (TPSA) is 53.1 Å². The standard InChI is InChI=1S/C16H17N3O/c1-19-14-9-4-3-8-13(14)16(18-19)15(17)11-6-5-7-12(10-11)20-2/h3-10,15H,17H2,1-2H3. The lowest BCUT2D eigenvalue weighted by molar-refractivity contribution is 0.414. The van der Waals surface area contributed by atoms with Crippen LogP contribution in [0.2, 0.25) is 0 Å². The molecule has 0 aliphatic rings. The summed E-state index contributed by atoms with van der Waals surface area (Å²) < 4.78 is 7.12. The van der Waals surface area contributed by atoms with Crippen LogP contribution in [0.3, 0.4) is 0 Å². The molecule has 1 aromatic heterocycles. The number of nitrogens with zero attached hydrogens (tertiary/aromatic N) is 2. The van der Waals surface area contributed by atoms with Gasteiger partial charge in [0, 0.05) is 12.4 Å². The maximum absolute atomic E-state index is 6.39. The van der Waals surface area contributed by atoms with Gasteiger partial charge in [0.2, 0.25) is 0 Å². The number of nitrogens with two attached hydrogens (primary N) is 1. The van der Waals surface area contributed by atoms with E-state index in [0.29, 0.717) is 0 Å². The summed E-state index contributed by atoms with van der Waals surface area (Å²) in [5.41, 5.74) is 9.35. The van der Waals surface area contributed by atoms with E-state index in [0.717, 1.165) is 27.9 Å². The number of hydrogen-bond acceptors (Lipinski definition) is 3. The number of benzene rings is 2. The summed E-state index contributed by atoms with van der Waals surface area (Å²) in [6.45, 7) is 0. The van der Waals surface area contributed by atoms with Crippen molar-refractivity contribution in [2.24, 2.45) is 12.8 Å². The fourth-order valence-corrected chi connectivity index (χ4v) is 2.46. The van der Waals surface area contributed by atoms with Crippen LogP contribution >= 0.6 is 0 Å². The molecule has 0 saturated heterocycles. The molecule has 0 aliphatic heterocycles. The number of aromatic nitrogens is 2. The van der Waals surface area contributed by atoms with Crippen LogP contribution in [0.4, 0.5) is 0 Å². The average molecular weight is 267 g/mol. The summed E-state index contributed by atoms with van der Waals surface area (Å²) >= 11 is 0. The second kappa shape index (κ2) is 4.98. The van der Waals surface area contributed by atoms with E-state index in [4.69, 9.17) is 10.5 Å². The Kier molecular flexibility index (Phi) is 3.16. The summed E-state index contributed by atoms with van der Waals surface area (Å²) in [5.74, 6) is 0.804. The summed E-state index contributed by atoms with van der Waals surface area (Å²) in [6, 6.07) is 15.6. The first-order chi connectivity index (χ1) is 9.70. The highest BCUT2D eigenvalue weighted by Crippen LogP contribution is 2.27. The first-order valence-corrected chi connectivity index (χ1v) is 6.52. The van der Waals surface area contributed by atoms with E-state index in [-0.39, 0.29) is 6.04 Å². The Morgan fingerprint density at radius 1 is 1.15 bits per heavy atom. The minimum atomic E-state index is -0.267. The minimum absolute atomic E-state index is 0.267. The van der Waals surface area contributed by atoms with Crippen LogP contribution in [0.5, 0.6) is 5.75 Å². The van der Waals surface area contributed by atoms with E-state index in [1.54, 1.807) is 7.11 Å². The Morgan fingerprint density at radius 3 is 2.75 bits per heavy atom. The molecule has 0 aliphatic carbocycles. The molecule has 0 fully saturated rings. The molecule has 1 heterocycles. The van der Waals surface area contributed by atoms with Crippen LogP contribution in [0, 0.1) is 0 Å². The maximum atomic E-state index is 6.39. The zero-order valence-corrected chi connectivity index (χ0v) is 11.6. The third kappa shape index (κ3) is 2.04. The van der Waals surface area contributed by atoms with Gasteiger partial charge in [0.25, 0.3) is 0 Å². The van der Waals surface area contributed by atoms with Gasteiger partial charge < -0.3 is 10.5 Å². The molecule has 0 bridgehead atoms. The smallest absolute Gasteiger partial charge is 0.119 e. The minimum Gasteiger partial charge on any atom is -0.497 e. The molecular weight excluding hydrogens is 250 g/mol. The van der Waals surface area contributed by atoms with Gasteiger partial charge in [-0.25, -0.2) is 0 Å². The average Bonchev–Trinajstić information content (AvgIpc) is 2.84. The van der Waals surface area contributed by atoms with Gasteiger partial charge in [-0.2, -0.15) is 5.10 Å². The van der Waals surface area contributed by atoms with Gasteiger partial charge in [0.05, 0.1) is 24.4 Å². The largest absolute Gasteiger partial charge is 0.497 e. The van der Waals surface area contributed by atoms with E-state index in [1.165, 1.54) is 0 Å². The van der Waals surface area contributed by atoms with Crippen LogP contribution in [0.15, 0.2) is 48.5 Å². The van der Waals surface area contributed by atoms with Crippen molar-refractivity contribution >= 4 is 10.9 Å². The third-order valence-electron chi connectivity index (χ3n) is 3.53. The van der Waals surface area contributed by atoms with E-state index in [9.17, 15) is 0 Å². The summed E-state index contributed by atoms with van der Waals surface area (Å²) in [6.07, 6.45) is 0. The summed E-state index contributed by atoms with van der Waals surface area (Å²) in [4.78, 5) is 0. The van der Waals surface area contributed by atoms with E-state index in [2.05, 4.69) is 11.2 Å². The first kappa shape index (κ1) is 12.7. The van der Waals surface area contributed by atoms with Crippen molar-refractivity contribution in [1.82, 2.24) is 9.78 Å². The normalized spacial score (nSPS) is 12.6. The Hall–Kier alpha value is -2.33. The van der Waals surface area contributed by atoms with Gasteiger partial charge in [0.15, 0.2) is 0 Å². The quantitative estimate of drug-likeness (QED) is 0.793. The molecule has 2 N–H and O–H groups in total. The van der Waals surface area contributed by atoms with Gasteiger partial charge in [-0.1, -0.05) is 30.3 Å². The number of para-hydroxylation sites is 1. The van der Waals surface area contributed by atoms with Crippen LogP contribution < -0.4 is 10.5 Å². The molecule has 3 rings (SSSR count). The van der Waals surface area contributed by atoms with Crippen molar-refractivity contribution in [2.75, 3.05) is 7.11 Å². The fourth-order valence-electron chi connectivity index (χ4n) is 2.46. The number of rotatable bonds is 3. The maximum Gasteiger partial charge on any atom is 0.119 e. The predicted molar refractivity (Wildman–Crippen MR) is 79.7 cm³/mol.